The number of allylic oxidation sites excluding steroid dienone is 3. The van der Waals surface area contributed by atoms with Crippen molar-refractivity contribution >= 4 is 6.16 Å². The van der Waals surface area contributed by atoms with E-state index in [0.717, 1.165) is 12.8 Å². The van der Waals surface area contributed by atoms with Gasteiger partial charge in [0, 0.05) is 6.42 Å². The molecular formula is C10H14O3. The van der Waals surface area contributed by atoms with Crippen LogP contribution in [0.2, 0.25) is 0 Å². The SMILES string of the molecule is COC(=O)OCCC1=C(C)C=CC1. The van der Waals surface area contributed by atoms with Gasteiger partial charge in [0.05, 0.1) is 13.7 Å². The Bertz CT molecular complexity index is 251. The van der Waals surface area contributed by atoms with Crippen molar-refractivity contribution in [3.8, 4) is 0 Å². The fourth-order valence-electron chi connectivity index (χ4n) is 1.27. The maximum atomic E-state index is 10.6. The molecule has 0 saturated carbocycles. The van der Waals surface area contributed by atoms with E-state index in [-0.39, 0.29) is 0 Å². The standard InChI is InChI=1S/C10H14O3/c1-8-4-3-5-9(8)6-7-13-10(11)12-2/h3-4H,5-7H2,1-2H3. The summed E-state index contributed by atoms with van der Waals surface area (Å²) in [7, 11) is 1.31. The fourth-order valence-corrected chi connectivity index (χ4v) is 1.27. The first kappa shape index (κ1) is 9.84. The first-order valence-electron chi connectivity index (χ1n) is 4.30. The Balaban J connectivity index is 2.21. The molecule has 0 atom stereocenters. The van der Waals surface area contributed by atoms with Crippen molar-refractivity contribution in [2.24, 2.45) is 0 Å². The summed E-state index contributed by atoms with van der Waals surface area (Å²) in [6.45, 7) is 2.47. The van der Waals surface area contributed by atoms with Crippen LogP contribution in [0.1, 0.15) is 19.8 Å². The van der Waals surface area contributed by atoms with E-state index < -0.39 is 6.16 Å². The Morgan fingerprint density at radius 1 is 1.62 bits per heavy atom. The van der Waals surface area contributed by atoms with Crippen LogP contribution in [0, 0.1) is 0 Å². The van der Waals surface area contributed by atoms with Gasteiger partial charge >= 0.3 is 6.16 Å². The van der Waals surface area contributed by atoms with Crippen molar-refractivity contribution in [2.75, 3.05) is 13.7 Å². The Morgan fingerprint density at radius 2 is 2.38 bits per heavy atom. The summed E-state index contributed by atoms with van der Waals surface area (Å²) < 4.78 is 9.13. The van der Waals surface area contributed by atoms with Gasteiger partial charge in [-0.25, -0.2) is 4.79 Å². The molecule has 0 amide bonds. The Morgan fingerprint density at radius 3 is 2.92 bits per heavy atom. The molecule has 1 aliphatic carbocycles. The molecule has 0 aromatic heterocycles. The van der Waals surface area contributed by atoms with Crippen LogP contribution in [-0.2, 0) is 9.47 Å². The molecular weight excluding hydrogens is 168 g/mol. The average molecular weight is 182 g/mol. The van der Waals surface area contributed by atoms with Gasteiger partial charge in [-0.15, -0.1) is 0 Å². The van der Waals surface area contributed by atoms with Gasteiger partial charge in [-0.3, -0.25) is 0 Å². The normalized spacial score (nSPS) is 14.9. The first-order valence-corrected chi connectivity index (χ1v) is 4.30. The summed E-state index contributed by atoms with van der Waals surface area (Å²) >= 11 is 0. The summed E-state index contributed by atoms with van der Waals surface area (Å²) in [5, 5.41) is 0. The third kappa shape index (κ3) is 2.93. The molecule has 0 aliphatic heterocycles. The molecule has 0 aromatic rings. The topological polar surface area (TPSA) is 35.5 Å². The van der Waals surface area contributed by atoms with E-state index in [4.69, 9.17) is 4.74 Å². The lowest BCUT2D eigenvalue weighted by Gasteiger charge is -2.04. The highest BCUT2D eigenvalue weighted by molar-refractivity contribution is 5.59. The van der Waals surface area contributed by atoms with Gasteiger partial charge in [0.25, 0.3) is 0 Å². The van der Waals surface area contributed by atoms with Gasteiger partial charge in [0.1, 0.15) is 0 Å². The minimum Gasteiger partial charge on any atom is -0.438 e. The molecule has 72 valence electrons. The number of carbonyl (C=O) groups is 1. The third-order valence-corrected chi connectivity index (χ3v) is 2.08. The second kappa shape index (κ2) is 4.70. The molecule has 0 spiro atoms. The van der Waals surface area contributed by atoms with Crippen LogP contribution < -0.4 is 0 Å². The van der Waals surface area contributed by atoms with Crippen molar-refractivity contribution in [3.63, 3.8) is 0 Å². The molecule has 0 unspecified atom stereocenters. The molecule has 0 aromatic carbocycles. The highest BCUT2D eigenvalue weighted by Crippen LogP contribution is 2.21. The molecule has 1 rings (SSSR count). The summed E-state index contributed by atoms with van der Waals surface area (Å²) in [5.74, 6) is 0. The molecule has 13 heavy (non-hydrogen) atoms. The number of rotatable bonds is 3. The fraction of sp³-hybridized carbons (Fsp3) is 0.500. The van der Waals surface area contributed by atoms with E-state index in [1.807, 2.05) is 0 Å². The summed E-state index contributed by atoms with van der Waals surface area (Å²) in [4.78, 5) is 10.6. The van der Waals surface area contributed by atoms with Gasteiger partial charge in [0.15, 0.2) is 0 Å². The number of ether oxygens (including phenoxy) is 2. The van der Waals surface area contributed by atoms with E-state index in [2.05, 4.69) is 23.8 Å². The molecule has 3 nitrogen and oxygen atoms in total. The van der Waals surface area contributed by atoms with E-state index >= 15 is 0 Å². The molecule has 0 radical (unpaired) electrons. The smallest absolute Gasteiger partial charge is 0.438 e. The van der Waals surface area contributed by atoms with Crippen LogP contribution in [0.5, 0.6) is 0 Å². The van der Waals surface area contributed by atoms with E-state index in [1.165, 1.54) is 18.3 Å². The van der Waals surface area contributed by atoms with Crippen LogP contribution >= 0.6 is 0 Å². The molecule has 0 fully saturated rings. The monoisotopic (exact) mass is 182 g/mol. The highest BCUT2D eigenvalue weighted by Gasteiger charge is 2.06. The predicted molar refractivity (Wildman–Crippen MR) is 49.4 cm³/mol. The molecule has 3 heteroatoms. The van der Waals surface area contributed by atoms with Crippen LogP contribution in [0.3, 0.4) is 0 Å². The van der Waals surface area contributed by atoms with Crippen LogP contribution in [0.15, 0.2) is 23.3 Å². The van der Waals surface area contributed by atoms with Crippen molar-refractivity contribution < 1.29 is 14.3 Å². The van der Waals surface area contributed by atoms with Crippen molar-refractivity contribution in [1.29, 1.82) is 0 Å². The lowest BCUT2D eigenvalue weighted by Crippen LogP contribution is -2.05. The van der Waals surface area contributed by atoms with Crippen LogP contribution in [-0.4, -0.2) is 19.9 Å². The summed E-state index contributed by atoms with van der Waals surface area (Å²) in [5.41, 5.74) is 2.62. The van der Waals surface area contributed by atoms with Gasteiger partial charge in [-0.2, -0.15) is 0 Å². The van der Waals surface area contributed by atoms with Gasteiger partial charge in [-0.1, -0.05) is 23.3 Å². The predicted octanol–water partition coefficient (Wildman–Crippen LogP) is 2.44. The molecule has 0 heterocycles. The zero-order chi connectivity index (χ0) is 9.68. The van der Waals surface area contributed by atoms with Crippen molar-refractivity contribution in [1.82, 2.24) is 0 Å². The quantitative estimate of drug-likeness (QED) is 0.629. The Hall–Kier alpha value is -1.25. The van der Waals surface area contributed by atoms with E-state index in [1.54, 1.807) is 0 Å². The van der Waals surface area contributed by atoms with Gasteiger partial charge < -0.3 is 9.47 Å². The Kier molecular flexibility index (Phi) is 3.55. The first-order chi connectivity index (χ1) is 6.24. The second-order valence-corrected chi connectivity index (χ2v) is 2.95. The third-order valence-electron chi connectivity index (χ3n) is 2.08. The van der Waals surface area contributed by atoms with Gasteiger partial charge in [-0.05, 0) is 13.3 Å². The maximum Gasteiger partial charge on any atom is 0.507 e. The summed E-state index contributed by atoms with van der Waals surface area (Å²) in [6, 6.07) is 0. The number of carbonyl (C=O) groups excluding carboxylic acids is 1. The second-order valence-electron chi connectivity index (χ2n) is 2.95. The maximum absolute atomic E-state index is 10.6. The average Bonchev–Trinajstić information content (AvgIpc) is 2.52. The number of hydrogen-bond acceptors (Lipinski definition) is 3. The zero-order valence-electron chi connectivity index (χ0n) is 8.00. The largest absolute Gasteiger partial charge is 0.507 e. The lowest BCUT2D eigenvalue weighted by atomic mass is 10.1. The highest BCUT2D eigenvalue weighted by atomic mass is 16.7. The minimum atomic E-state index is -0.607. The molecule has 0 saturated heterocycles. The molecule has 0 bridgehead atoms. The number of hydrogen-bond donors (Lipinski definition) is 0. The van der Waals surface area contributed by atoms with E-state index in [0.29, 0.717) is 6.61 Å². The zero-order valence-corrected chi connectivity index (χ0v) is 8.00. The summed E-state index contributed by atoms with van der Waals surface area (Å²) in [6.07, 6.45) is 5.38. The van der Waals surface area contributed by atoms with Gasteiger partial charge in [0.2, 0.25) is 0 Å². The minimum absolute atomic E-state index is 0.404. The Labute approximate surface area is 78.0 Å². The van der Waals surface area contributed by atoms with Crippen molar-refractivity contribution in [2.45, 2.75) is 19.8 Å². The molecule has 1 aliphatic rings. The lowest BCUT2D eigenvalue weighted by molar-refractivity contribution is 0.0736. The van der Waals surface area contributed by atoms with Crippen LogP contribution in [0.25, 0.3) is 0 Å². The number of methoxy groups -OCH3 is 1. The van der Waals surface area contributed by atoms with Crippen molar-refractivity contribution in [3.05, 3.63) is 23.3 Å². The molecule has 0 N–H and O–H groups in total. The van der Waals surface area contributed by atoms with Crippen LogP contribution in [0.4, 0.5) is 4.79 Å². The van der Waals surface area contributed by atoms with E-state index in [9.17, 15) is 4.79 Å².